The molecule has 2 aliphatic carbocycles. The number of allylic oxidation sites excluding steroid dienone is 8. The second-order valence-corrected chi connectivity index (χ2v) is 14.0. The van der Waals surface area contributed by atoms with Crippen LogP contribution in [0.15, 0.2) is 145 Å². The molecule has 4 heteroatoms. The summed E-state index contributed by atoms with van der Waals surface area (Å²) >= 11 is 0. The fraction of sp³-hybridized carbons (Fsp3) is 0.304. The van der Waals surface area contributed by atoms with Crippen LogP contribution in [-0.2, 0) is 10.8 Å². The van der Waals surface area contributed by atoms with Gasteiger partial charge in [-0.25, -0.2) is 0 Å². The standard InChI is InChI=1S/C46H50O4/c1-8-11-43-44(32(2)3)41-12-9-10-13-42(41)46(43,35-18-24-38(48-7)25-19-35)36-20-28-40(29-21-36)50-31-30-49-39-26-16-34(17-27-39)45(4,5)33-14-22-37(47-6)23-15-33/h8-29,32,41-42H,30-31H2,1-7H3/b11-8-. The molecule has 0 bridgehead atoms. The largest absolute Gasteiger partial charge is 0.497 e. The molecule has 0 aromatic heterocycles. The lowest BCUT2D eigenvalue weighted by Crippen LogP contribution is -2.36. The Morgan fingerprint density at radius 3 is 1.54 bits per heavy atom. The summed E-state index contributed by atoms with van der Waals surface area (Å²) in [5, 5.41) is 0. The van der Waals surface area contributed by atoms with E-state index in [1.165, 1.54) is 33.4 Å². The van der Waals surface area contributed by atoms with Crippen LogP contribution in [0.25, 0.3) is 0 Å². The first-order valence-corrected chi connectivity index (χ1v) is 17.7. The molecule has 0 radical (unpaired) electrons. The predicted octanol–water partition coefficient (Wildman–Crippen LogP) is 10.7. The van der Waals surface area contributed by atoms with Gasteiger partial charge in [0, 0.05) is 17.3 Å². The molecule has 3 atom stereocenters. The highest BCUT2D eigenvalue weighted by molar-refractivity contribution is 5.63. The number of methoxy groups -OCH3 is 2. The van der Waals surface area contributed by atoms with Gasteiger partial charge in [-0.15, -0.1) is 0 Å². The maximum atomic E-state index is 6.21. The van der Waals surface area contributed by atoms with Gasteiger partial charge in [0.25, 0.3) is 0 Å². The summed E-state index contributed by atoms with van der Waals surface area (Å²) < 4.78 is 23.2. The zero-order valence-corrected chi connectivity index (χ0v) is 30.5. The van der Waals surface area contributed by atoms with Crippen molar-refractivity contribution in [2.75, 3.05) is 27.4 Å². The van der Waals surface area contributed by atoms with Gasteiger partial charge in [0.1, 0.15) is 36.2 Å². The van der Waals surface area contributed by atoms with E-state index in [0.29, 0.717) is 25.0 Å². The molecule has 258 valence electrons. The Morgan fingerprint density at radius 1 is 0.640 bits per heavy atom. The normalized spacial score (nSPS) is 20.0. The molecule has 0 aliphatic heterocycles. The van der Waals surface area contributed by atoms with E-state index in [9.17, 15) is 0 Å². The summed E-state index contributed by atoms with van der Waals surface area (Å²) in [5.41, 5.74) is 7.34. The van der Waals surface area contributed by atoms with Crippen molar-refractivity contribution in [3.05, 3.63) is 167 Å². The Hall–Kier alpha value is -4.96. The molecular weight excluding hydrogens is 617 g/mol. The van der Waals surface area contributed by atoms with E-state index in [2.05, 4.69) is 144 Å². The molecule has 0 amide bonds. The van der Waals surface area contributed by atoms with E-state index in [0.717, 1.165) is 23.0 Å². The minimum atomic E-state index is -0.361. The van der Waals surface area contributed by atoms with Crippen LogP contribution in [0.5, 0.6) is 23.0 Å². The molecule has 0 fully saturated rings. The van der Waals surface area contributed by atoms with Crippen LogP contribution in [-0.4, -0.2) is 27.4 Å². The first kappa shape index (κ1) is 34.9. The van der Waals surface area contributed by atoms with Crippen LogP contribution in [0.4, 0.5) is 0 Å². The Kier molecular flexibility index (Phi) is 10.4. The first-order valence-electron chi connectivity index (χ1n) is 17.7. The molecular formula is C46H50O4. The van der Waals surface area contributed by atoms with Crippen LogP contribution >= 0.6 is 0 Å². The maximum absolute atomic E-state index is 6.21. The molecule has 0 saturated carbocycles. The Morgan fingerprint density at radius 2 is 1.08 bits per heavy atom. The molecule has 0 saturated heterocycles. The lowest BCUT2D eigenvalue weighted by atomic mass is 9.62. The van der Waals surface area contributed by atoms with Gasteiger partial charge < -0.3 is 18.9 Å². The van der Waals surface area contributed by atoms with E-state index in [-0.39, 0.29) is 16.7 Å². The topological polar surface area (TPSA) is 36.9 Å². The van der Waals surface area contributed by atoms with Crippen LogP contribution in [0.3, 0.4) is 0 Å². The number of fused-ring (bicyclic) bond motifs is 1. The van der Waals surface area contributed by atoms with Crippen molar-refractivity contribution in [1.82, 2.24) is 0 Å². The summed E-state index contributed by atoms with van der Waals surface area (Å²) in [7, 11) is 3.41. The third kappa shape index (κ3) is 6.52. The highest BCUT2D eigenvalue weighted by Crippen LogP contribution is 2.60. The van der Waals surface area contributed by atoms with Crippen LogP contribution in [0.1, 0.15) is 56.9 Å². The molecule has 0 N–H and O–H groups in total. The lowest BCUT2D eigenvalue weighted by molar-refractivity contribution is 0.217. The van der Waals surface area contributed by atoms with Crippen molar-refractivity contribution < 1.29 is 18.9 Å². The second kappa shape index (κ2) is 14.9. The number of hydrogen-bond acceptors (Lipinski definition) is 4. The minimum absolute atomic E-state index is 0.144. The summed E-state index contributed by atoms with van der Waals surface area (Å²) in [5.74, 6) is 4.35. The van der Waals surface area contributed by atoms with E-state index >= 15 is 0 Å². The molecule has 0 heterocycles. The second-order valence-electron chi connectivity index (χ2n) is 14.0. The third-order valence-corrected chi connectivity index (χ3v) is 10.5. The number of ether oxygens (including phenoxy) is 4. The van der Waals surface area contributed by atoms with Crippen LogP contribution in [0, 0.1) is 17.8 Å². The molecule has 4 aromatic rings. The molecule has 0 spiro atoms. The third-order valence-electron chi connectivity index (χ3n) is 10.5. The van der Waals surface area contributed by atoms with Gasteiger partial charge in [-0.2, -0.15) is 0 Å². The first-order chi connectivity index (χ1) is 24.2. The van der Waals surface area contributed by atoms with Crippen LogP contribution in [0.2, 0.25) is 0 Å². The van der Waals surface area contributed by atoms with Gasteiger partial charge >= 0.3 is 0 Å². The Balaban J connectivity index is 1.19. The lowest BCUT2D eigenvalue weighted by Gasteiger charge is -2.40. The highest BCUT2D eigenvalue weighted by Gasteiger charge is 2.53. The van der Waals surface area contributed by atoms with E-state index in [4.69, 9.17) is 18.9 Å². The minimum Gasteiger partial charge on any atom is -0.497 e. The smallest absolute Gasteiger partial charge is 0.122 e. The number of rotatable bonds is 13. The molecule has 50 heavy (non-hydrogen) atoms. The SMILES string of the molecule is C/C=C\C1=C(C(C)C)C2C=CC=CC2C1(c1ccc(OC)cc1)c1ccc(OCCOc2ccc(C(C)(C)c3ccc(OC)cc3)cc2)cc1. The van der Waals surface area contributed by atoms with Gasteiger partial charge in [-0.1, -0.05) is 118 Å². The number of benzene rings is 4. The molecule has 4 nitrogen and oxygen atoms in total. The summed E-state index contributed by atoms with van der Waals surface area (Å²) in [6, 6.07) is 34.0. The van der Waals surface area contributed by atoms with Gasteiger partial charge in [0.2, 0.25) is 0 Å². The van der Waals surface area contributed by atoms with Gasteiger partial charge in [-0.05, 0) is 89.2 Å². The Labute approximate surface area is 298 Å². The van der Waals surface area contributed by atoms with Crippen molar-refractivity contribution in [1.29, 1.82) is 0 Å². The predicted molar refractivity (Wildman–Crippen MR) is 205 cm³/mol. The zero-order chi connectivity index (χ0) is 35.3. The fourth-order valence-electron chi connectivity index (χ4n) is 7.99. The van der Waals surface area contributed by atoms with E-state index < -0.39 is 0 Å². The van der Waals surface area contributed by atoms with Gasteiger partial charge in [-0.3, -0.25) is 0 Å². The average Bonchev–Trinajstić information content (AvgIpc) is 3.44. The van der Waals surface area contributed by atoms with Crippen molar-refractivity contribution in [2.45, 2.75) is 45.4 Å². The van der Waals surface area contributed by atoms with Crippen LogP contribution < -0.4 is 18.9 Å². The van der Waals surface area contributed by atoms with Gasteiger partial charge in [0.15, 0.2) is 0 Å². The van der Waals surface area contributed by atoms with E-state index in [1.54, 1.807) is 14.2 Å². The summed E-state index contributed by atoms with van der Waals surface area (Å²) in [6.07, 6.45) is 13.7. The van der Waals surface area contributed by atoms with Crippen molar-refractivity contribution in [3.8, 4) is 23.0 Å². The quantitative estimate of drug-likeness (QED) is 0.133. The Bertz CT molecular complexity index is 1860. The number of hydrogen-bond donors (Lipinski definition) is 0. The van der Waals surface area contributed by atoms with Crippen molar-refractivity contribution in [3.63, 3.8) is 0 Å². The van der Waals surface area contributed by atoms with E-state index in [1.807, 2.05) is 24.3 Å². The monoisotopic (exact) mass is 666 g/mol. The maximum Gasteiger partial charge on any atom is 0.122 e. The molecule has 6 rings (SSSR count). The highest BCUT2D eigenvalue weighted by atomic mass is 16.5. The molecule has 4 aromatic carbocycles. The molecule has 3 unspecified atom stereocenters. The molecule has 2 aliphatic rings. The average molecular weight is 667 g/mol. The van der Waals surface area contributed by atoms with Gasteiger partial charge in [0.05, 0.1) is 19.6 Å². The van der Waals surface area contributed by atoms with Crippen molar-refractivity contribution >= 4 is 0 Å². The van der Waals surface area contributed by atoms with Crippen molar-refractivity contribution in [2.24, 2.45) is 17.8 Å². The zero-order valence-electron chi connectivity index (χ0n) is 30.5. The summed E-state index contributed by atoms with van der Waals surface area (Å²) in [6.45, 7) is 12.1. The summed E-state index contributed by atoms with van der Waals surface area (Å²) in [4.78, 5) is 0. The fourth-order valence-corrected chi connectivity index (χ4v) is 7.99.